The van der Waals surface area contributed by atoms with Crippen LogP contribution in [-0.2, 0) is 4.74 Å². The smallest absolute Gasteiger partial charge is 0.410 e. The van der Waals surface area contributed by atoms with E-state index in [1.807, 2.05) is 13.1 Å². The van der Waals surface area contributed by atoms with Crippen LogP contribution in [0.25, 0.3) is 0 Å². The van der Waals surface area contributed by atoms with Crippen LogP contribution in [0.3, 0.4) is 0 Å². The first-order valence-electron chi connectivity index (χ1n) is 7.78. The number of rotatable bonds is 4. The van der Waals surface area contributed by atoms with Crippen LogP contribution in [-0.4, -0.2) is 62.1 Å². The number of hydrogen-bond donors (Lipinski definition) is 0. The molecule has 7 heteroatoms. The fraction of sp³-hybridized carbons (Fsp3) is 0.529. The van der Waals surface area contributed by atoms with E-state index in [1.165, 1.54) is 6.92 Å². The van der Waals surface area contributed by atoms with Crippen LogP contribution in [0.1, 0.15) is 35.8 Å². The highest BCUT2D eigenvalue weighted by atomic mass is 35.5. The van der Waals surface area contributed by atoms with E-state index in [4.69, 9.17) is 9.47 Å². The Morgan fingerprint density at radius 1 is 1.29 bits per heavy atom. The molecule has 1 aliphatic rings. The summed E-state index contributed by atoms with van der Waals surface area (Å²) in [5.41, 5.74) is 1.48. The Balaban J connectivity index is 0.00000288. The molecule has 1 fully saturated rings. The maximum absolute atomic E-state index is 12.3. The second-order valence-electron chi connectivity index (χ2n) is 5.68. The van der Waals surface area contributed by atoms with Gasteiger partial charge in [-0.3, -0.25) is 9.69 Å². The van der Waals surface area contributed by atoms with Crippen LogP contribution in [0, 0.1) is 0 Å². The quantitative estimate of drug-likeness (QED) is 0.776. The van der Waals surface area contributed by atoms with Gasteiger partial charge in [0.2, 0.25) is 0 Å². The Labute approximate surface area is 149 Å². The van der Waals surface area contributed by atoms with Gasteiger partial charge < -0.3 is 14.4 Å². The number of methoxy groups -OCH3 is 1. The zero-order chi connectivity index (χ0) is 17.0. The summed E-state index contributed by atoms with van der Waals surface area (Å²) >= 11 is 0. The molecule has 1 aromatic rings. The first kappa shape index (κ1) is 20.3. The Morgan fingerprint density at radius 2 is 2.00 bits per heavy atom. The monoisotopic (exact) mass is 356 g/mol. The van der Waals surface area contributed by atoms with Crippen molar-refractivity contribution in [3.63, 3.8) is 0 Å². The highest BCUT2D eigenvalue weighted by Crippen LogP contribution is 2.33. The van der Waals surface area contributed by atoms with Gasteiger partial charge in [-0.1, -0.05) is 12.1 Å². The normalized spacial score (nSPS) is 17.8. The van der Waals surface area contributed by atoms with E-state index in [-0.39, 0.29) is 30.3 Å². The van der Waals surface area contributed by atoms with Crippen LogP contribution < -0.4 is 4.74 Å². The number of halogens is 1. The molecule has 1 amide bonds. The molecule has 0 spiro atoms. The third-order valence-electron chi connectivity index (χ3n) is 4.08. The number of carbonyl (C=O) groups is 2. The number of piperazine rings is 1. The average molecular weight is 357 g/mol. The highest BCUT2D eigenvalue weighted by molar-refractivity contribution is 5.94. The minimum atomic E-state index is -0.316. The van der Waals surface area contributed by atoms with Crippen molar-refractivity contribution in [2.24, 2.45) is 0 Å². The molecule has 1 aromatic carbocycles. The molecule has 0 saturated carbocycles. The summed E-state index contributed by atoms with van der Waals surface area (Å²) < 4.78 is 10.6. The van der Waals surface area contributed by atoms with Gasteiger partial charge in [0.1, 0.15) is 5.75 Å². The zero-order valence-electron chi connectivity index (χ0n) is 14.6. The Kier molecular flexibility index (Phi) is 7.51. The summed E-state index contributed by atoms with van der Waals surface area (Å²) in [5, 5.41) is 0. The van der Waals surface area contributed by atoms with Crippen molar-refractivity contribution in [2.75, 3.05) is 40.4 Å². The topological polar surface area (TPSA) is 59.1 Å². The molecule has 1 aliphatic heterocycles. The summed E-state index contributed by atoms with van der Waals surface area (Å²) in [4.78, 5) is 27.7. The number of Topliss-reactive ketones (excluding diaryl/α,β-unsaturated/α-hetero) is 1. The average Bonchev–Trinajstić information content (AvgIpc) is 2.54. The summed E-state index contributed by atoms with van der Waals surface area (Å²) in [6.07, 6.45) is -0.316. The van der Waals surface area contributed by atoms with Gasteiger partial charge in [-0.2, -0.15) is 0 Å². The number of likely N-dealkylation sites (N-methyl/N-ethyl adjacent to an activating group) is 1. The van der Waals surface area contributed by atoms with Crippen LogP contribution in [0.4, 0.5) is 4.79 Å². The van der Waals surface area contributed by atoms with E-state index in [0.29, 0.717) is 31.0 Å². The first-order valence-corrected chi connectivity index (χ1v) is 7.78. The van der Waals surface area contributed by atoms with E-state index in [1.54, 1.807) is 31.1 Å². The van der Waals surface area contributed by atoms with E-state index < -0.39 is 0 Å². The molecule has 1 atom stereocenters. The van der Waals surface area contributed by atoms with Crippen molar-refractivity contribution in [1.29, 1.82) is 0 Å². The summed E-state index contributed by atoms with van der Waals surface area (Å²) in [6, 6.07) is 5.21. The molecule has 0 N–H and O–H groups in total. The van der Waals surface area contributed by atoms with Crippen LogP contribution >= 0.6 is 12.4 Å². The fourth-order valence-corrected chi connectivity index (χ4v) is 2.82. The number of hydrogen-bond acceptors (Lipinski definition) is 5. The predicted molar refractivity (Wildman–Crippen MR) is 94.2 cm³/mol. The molecule has 24 heavy (non-hydrogen) atoms. The Hall–Kier alpha value is -1.79. The van der Waals surface area contributed by atoms with Crippen LogP contribution in [0.15, 0.2) is 18.2 Å². The van der Waals surface area contributed by atoms with Crippen LogP contribution in [0.2, 0.25) is 0 Å². The number of carbonyl (C=O) groups excluding carboxylic acids is 2. The lowest BCUT2D eigenvalue weighted by Crippen LogP contribution is -2.49. The Bertz CT molecular complexity index is 594. The molecule has 2 rings (SSSR count). The molecule has 0 radical (unpaired) electrons. The second kappa shape index (κ2) is 8.89. The van der Waals surface area contributed by atoms with E-state index in [0.717, 1.165) is 12.1 Å². The second-order valence-corrected chi connectivity index (χ2v) is 5.68. The third-order valence-corrected chi connectivity index (χ3v) is 4.08. The fourth-order valence-electron chi connectivity index (χ4n) is 2.82. The lowest BCUT2D eigenvalue weighted by molar-refractivity contribution is 0.0551. The summed E-state index contributed by atoms with van der Waals surface area (Å²) in [5.74, 6) is 0.602. The maximum atomic E-state index is 12.3. The standard InChI is InChI=1S/C17H24N2O4.ClH/c1-5-23-17(21)19-9-8-18(3)11-15(19)14-7-6-13(12(2)20)10-16(14)22-4;/h6-7,10,15H,5,8-9,11H2,1-4H3;1H. The first-order chi connectivity index (χ1) is 11.0. The van der Waals surface area contributed by atoms with Crippen molar-refractivity contribution in [2.45, 2.75) is 19.9 Å². The molecule has 0 bridgehead atoms. The highest BCUT2D eigenvalue weighted by Gasteiger charge is 2.33. The molecule has 6 nitrogen and oxygen atoms in total. The van der Waals surface area contributed by atoms with Gasteiger partial charge >= 0.3 is 6.09 Å². The van der Waals surface area contributed by atoms with E-state index >= 15 is 0 Å². The number of benzene rings is 1. The van der Waals surface area contributed by atoms with Crippen molar-refractivity contribution < 1.29 is 19.1 Å². The molecule has 1 unspecified atom stereocenters. The molecule has 1 saturated heterocycles. The largest absolute Gasteiger partial charge is 0.496 e. The number of ketones is 1. The van der Waals surface area contributed by atoms with Crippen molar-refractivity contribution >= 4 is 24.3 Å². The van der Waals surface area contributed by atoms with E-state index in [9.17, 15) is 9.59 Å². The number of nitrogens with zero attached hydrogens (tertiary/aromatic N) is 2. The molecule has 1 heterocycles. The van der Waals surface area contributed by atoms with Crippen molar-refractivity contribution in [1.82, 2.24) is 9.80 Å². The van der Waals surface area contributed by atoms with Crippen LogP contribution in [0.5, 0.6) is 5.75 Å². The molecule has 0 aromatic heterocycles. The summed E-state index contributed by atoms with van der Waals surface area (Å²) in [7, 11) is 3.59. The lowest BCUT2D eigenvalue weighted by atomic mass is 9.99. The lowest BCUT2D eigenvalue weighted by Gasteiger charge is -2.39. The van der Waals surface area contributed by atoms with Crippen molar-refractivity contribution in [3.05, 3.63) is 29.3 Å². The third kappa shape index (κ3) is 4.39. The zero-order valence-corrected chi connectivity index (χ0v) is 15.4. The molecular weight excluding hydrogens is 332 g/mol. The van der Waals surface area contributed by atoms with Gasteiger partial charge in [0.15, 0.2) is 5.78 Å². The maximum Gasteiger partial charge on any atom is 0.410 e. The molecular formula is C17H25ClN2O4. The van der Waals surface area contributed by atoms with Crippen molar-refractivity contribution in [3.8, 4) is 5.75 Å². The minimum absolute atomic E-state index is 0. The molecule has 134 valence electrons. The number of ether oxygens (including phenoxy) is 2. The van der Waals surface area contributed by atoms with Gasteiger partial charge in [-0.15, -0.1) is 12.4 Å². The summed E-state index contributed by atoms with van der Waals surface area (Å²) in [6.45, 7) is 5.74. The SMILES string of the molecule is CCOC(=O)N1CCN(C)CC1c1ccc(C(C)=O)cc1OC.Cl. The van der Waals surface area contributed by atoms with E-state index in [2.05, 4.69) is 4.90 Å². The number of amides is 1. The van der Waals surface area contributed by atoms with Gasteiger partial charge in [-0.05, 0) is 27.0 Å². The van der Waals surface area contributed by atoms with Gasteiger partial charge in [-0.25, -0.2) is 4.79 Å². The molecule has 0 aliphatic carbocycles. The minimum Gasteiger partial charge on any atom is -0.496 e. The van der Waals surface area contributed by atoms with Gasteiger partial charge in [0.05, 0.1) is 19.8 Å². The van der Waals surface area contributed by atoms with Gasteiger partial charge in [0.25, 0.3) is 0 Å². The Morgan fingerprint density at radius 3 is 2.58 bits per heavy atom. The van der Waals surface area contributed by atoms with Gasteiger partial charge in [0, 0.05) is 30.8 Å². The predicted octanol–water partition coefficient (Wildman–Crippen LogP) is 2.76.